The first-order chi connectivity index (χ1) is 6.25. The normalized spacial score (nSPS) is 11.7. The van der Waals surface area contributed by atoms with E-state index in [1.165, 1.54) is 0 Å². The third kappa shape index (κ3) is 2.06. The number of pyridine rings is 1. The molecule has 0 saturated carbocycles. The van der Waals surface area contributed by atoms with Gasteiger partial charge in [0.05, 0.1) is 5.69 Å². The van der Waals surface area contributed by atoms with Gasteiger partial charge in [-0.3, -0.25) is 0 Å². The van der Waals surface area contributed by atoms with Crippen LogP contribution in [0, 0.1) is 0 Å². The molecule has 0 aliphatic rings. The molecule has 1 aromatic heterocycles. The number of nitrogen functional groups attached to an aromatic ring is 1. The summed E-state index contributed by atoms with van der Waals surface area (Å²) in [5.41, 5.74) is 5.34. The Balaban J connectivity index is 3.66. The van der Waals surface area contributed by atoms with E-state index < -0.39 is 9.84 Å². The molecular formula is C6H5Cl3N2O2S. The van der Waals surface area contributed by atoms with Crippen LogP contribution < -0.4 is 5.73 Å². The maximum atomic E-state index is 11.2. The van der Waals surface area contributed by atoms with Crippen molar-refractivity contribution in [3.8, 4) is 0 Å². The van der Waals surface area contributed by atoms with Crippen LogP contribution in [0.25, 0.3) is 0 Å². The van der Waals surface area contributed by atoms with Crippen LogP contribution in [-0.4, -0.2) is 19.7 Å². The maximum absolute atomic E-state index is 11.2. The van der Waals surface area contributed by atoms with Crippen LogP contribution in [0.2, 0.25) is 15.2 Å². The molecule has 8 heteroatoms. The van der Waals surface area contributed by atoms with Gasteiger partial charge in [-0.15, -0.1) is 0 Å². The van der Waals surface area contributed by atoms with E-state index in [-0.39, 0.29) is 25.9 Å². The van der Waals surface area contributed by atoms with Gasteiger partial charge < -0.3 is 5.73 Å². The first-order valence-corrected chi connectivity index (χ1v) is 6.27. The standard InChI is InChI=1S/C6H5Cl3N2O2S/c1-14(12,13)6-3(8)4(10)2(7)5(9)11-6/h1H3,(H2,10,11)/i5+1,6+1,11+1. The summed E-state index contributed by atoms with van der Waals surface area (Å²) in [5.74, 6) is 0. The summed E-state index contributed by atoms with van der Waals surface area (Å²) in [6.45, 7) is 0. The number of anilines is 1. The van der Waals surface area contributed by atoms with E-state index in [4.69, 9.17) is 40.5 Å². The molecule has 1 aromatic rings. The van der Waals surface area contributed by atoms with Crippen LogP contribution >= 0.6 is 34.8 Å². The van der Waals surface area contributed by atoms with E-state index in [0.717, 1.165) is 6.26 Å². The summed E-state index contributed by atoms with van der Waals surface area (Å²) in [7, 11) is -3.56. The topological polar surface area (TPSA) is 73.0 Å². The van der Waals surface area contributed by atoms with Gasteiger partial charge in [0.2, 0.25) is 0 Å². The summed E-state index contributed by atoms with van der Waals surface area (Å²) in [6, 6.07) is 0. The van der Waals surface area contributed by atoms with Gasteiger partial charge in [-0.05, 0) is 0 Å². The van der Waals surface area contributed by atoms with E-state index in [1.807, 2.05) is 0 Å². The first kappa shape index (κ1) is 11.8. The van der Waals surface area contributed by atoms with E-state index in [9.17, 15) is 8.42 Å². The second-order valence-corrected chi connectivity index (χ2v) is 5.57. The highest BCUT2D eigenvalue weighted by Crippen LogP contribution is 2.35. The molecule has 0 amide bonds. The van der Waals surface area contributed by atoms with Gasteiger partial charge in [-0.25, -0.2) is 13.4 Å². The molecule has 0 fully saturated rings. The molecule has 0 aromatic carbocycles. The number of nitrogens with zero attached hydrogens (tertiary/aromatic N) is 1. The Morgan fingerprint density at radius 1 is 1.21 bits per heavy atom. The van der Waals surface area contributed by atoms with Crippen molar-refractivity contribution in [1.29, 1.82) is 0 Å². The Hall–Kier alpha value is -0.230. The molecule has 4 nitrogen and oxygen atoms in total. The molecule has 78 valence electrons. The summed E-state index contributed by atoms with van der Waals surface area (Å²) < 4.78 is 22.3. The Morgan fingerprint density at radius 2 is 1.71 bits per heavy atom. The number of sulfone groups is 1. The van der Waals surface area contributed by atoms with Crippen molar-refractivity contribution in [3.05, 3.63) is 15.2 Å². The molecule has 1 heterocycles. The summed E-state index contributed by atoms with van der Waals surface area (Å²) in [4.78, 5) is 3.54. The van der Waals surface area contributed by atoms with Crippen LogP contribution in [0.5, 0.6) is 0 Å². The van der Waals surface area contributed by atoms with Crippen molar-refractivity contribution in [2.45, 2.75) is 5.03 Å². The lowest BCUT2D eigenvalue weighted by molar-refractivity contribution is 0.598. The average molecular weight is 279 g/mol. The van der Waals surface area contributed by atoms with Crippen molar-refractivity contribution in [1.82, 2.24) is 4.98 Å². The summed E-state index contributed by atoms with van der Waals surface area (Å²) in [6.07, 6.45) is 0.949. The highest BCUT2D eigenvalue weighted by molar-refractivity contribution is 7.90. The quantitative estimate of drug-likeness (QED) is 0.798. The SMILES string of the molecule is CS(=O)(=O)[13c]1[15n][13c](Cl)c(Cl)c(N)c1Cl. The van der Waals surface area contributed by atoms with E-state index in [2.05, 4.69) is 4.98 Å². The predicted octanol–water partition coefficient (Wildman–Crippen LogP) is 2.03. The molecule has 0 atom stereocenters. The second kappa shape index (κ2) is 3.73. The third-order valence-electron chi connectivity index (χ3n) is 1.39. The largest absolute Gasteiger partial charge is 0.396 e. The van der Waals surface area contributed by atoms with Gasteiger partial charge in [0.15, 0.2) is 20.0 Å². The maximum Gasteiger partial charge on any atom is 0.194 e. The number of aromatic nitrogens is 1. The molecule has 1 rings (SSSR count). The van der Waals surface area contributed by atoms with Crippen molar-refractivity contribution in [2.75, 3.05) is 12.0 Å². The van der Waals surface area contributed by atoms with E-state index in [1.54, 1.807) is 0 Å². The average Bonchev–Trinajstić information content (AvgIpc) is 2.06. The third-order valence-corrected chi connectivity index (χ3v) is 3.64. The van der Waals surface area contributed by atoms with Crippen LogP contribution in [0.3, 0.4) is 0 Å². The Bertz CT molecular complexity index is 486. The van der Waals surface area contributed by atoms with Gasteiger partial charge >= 0.3 is 0 Å². The van der Waals surface area contributed by atoms with Gasteiger partial charge in [0, 0.05) is 6.26 Å². The zero-order chi connectivity index (χ0) is 11.1. The second-order valence-electron chi connectivity index (χ2n) is 2.52. The molecule has 0 aliphatic heterocycles. The number of hydrogen-bond donors (Lipinski definition) is 1. The van der Waals surface area contributed by atoms with Gasteiger partial charge in [0.25, 0.3) is 0 Å². The fourth-order valence-corrected chi connectivity index (χ4v) is 2.43. The van der Waals surface area contributed by atoms with Crippen molar-refractivity contribution in [3.63, 3.8) is 0 Å². The highest BCUT2D eigenvalue weighted by atomic mass is 35.5. The molecule has 0 aliphatic carbocycles. The molecular weight excluding hydrogens is 273 g/mol. The minimum atomic E-state index is -3.56. The molecule has 0 spiro atoms. The lowest BCUT2D eigenvalue weighted by atomic mass is 10.5. The van der Waals surface area contributed by atoms with Crippen molar-refractivity contribution < 1.29 is 8.42 Å². The fraction of sp³-hybridized carbons (Fsp3) is 0.167. The lowest BCUT2D eigenvalue weighted by Crippen LogP contribution is -2.04. The zero-order valence-electron chi connectivity index (χ0n) is 6.88. The number of halogens is 3. The smallest absolute Gasteiger partial charge is 0.194 e. The summed E-state index contributed by atoms with van der Waals surface area (Å²) >= 11 is 16.8. The van der Waals surface area contributed by atoms with Crippen LogP contribution in [0.4, 0.5) is 5.69 Å². The van der Waals surface area contributed by atoms with Crippen LogP contribution in [0.1, 0.15) is 0 Å². The summed E-state index contributed by atoms with van der Waals surface area (Å²) in [5, 5.41) is -0.814. The Kier molecular flexibility index (Phi) is 3.16. The minimum Gasteiger partial charge on any atom is -0.396 e. The van der Waals surface area contributed by atoms with E-state index in [0.29, 0.717) is 0 Å². The zero-order valence-corrected chi connectivity index (χ0v) is 9.97. The predicted molar refractivity (Wildman–Crippen MR) is 56.8 cm³/mol. The highest BCUT2D eigenvalue weighted by Gasteiger charge is 2.20. The van der Waals surface area contributed by atoms with Crippen LogP contribution in [0.15, 0.2) is 5.03 Å². The number of nitrogens with two attached hydrogens (primary N) is 1. The fourth-order valence-electron chi connectivity index (χ4n) is 0.756. The number of rotatable bonds is 1. The molecule has 0 unspecified atom stereocenters. The van der Waals surface area contributed by atoms with Crippen molar-refractivity contribution in [2.24, 2.45) is 0 Å². The molecule has 0 radical (unpaired) electrons. The first-order valence-electron chi connectivity index (χ1n) is 3.25. The van der Waals surface area contributed by atoms with Crippen LogP contribution in [-0.2, 0) is 9.84 Å². The minimum absolute atomic E-state index is 0.0518. The van der Waals surface area contributed by atoms with Gasteiger partial charge in [0.1, 0.15) is 10.0 Å². The van der Waals surface area contributed by atoms with Gasteiger partial charge in [-0.2, -0.15) is 0 Å². The molecule has 0 bridgehead atoms. The lowest BCUT2D eigenvalue weighted by Gasteiger charge is -2.06. The van der Waals surface area contributed by atoms with E-state index >= 15 is 0 Å². The van der Waals surface area contributed by atoms with Crippen molar-refractivity contribution >= 4 is 50.3 Å². The molecule has 14 heavy (non-hydrogen) atoms. The molecule has 2 N–H and O–H groups in total. The number of hydrogen-bond acceptors (Lipinski definition) is 4. The Morgan fingerprint density at radius 3 is 2.14 bits per heavy atom. The Labute approximate surface area is 95.9 Å². The van der Waals surface area contributed by atoms with Gasteiger partial charge in [-0.1, -0.05) is 34.8 Å². The molecule has 0 saturated heterocycles. The monoisotopic (exact) mass is 277 g/mol.